The summed E-state index contributed by atoms with van der Waals surface area (Å²) >= 11 is 7.48. The molecule has 5 heteroatoms. The van der Waals surface area contributed by atoms with E-state index in [4.69, 9.17) is 16.7 Å². The van der Waals surface area contributed by atoms with Gasteiger partial charge in [0.05, 0.1) is 0 Å². The second kappa shape index (κ2) is 8.40. The maximum Gasteiger partial charge on any atom is 0.320 e. The first kappa shape index (κ1) is 15.3. The Labute approximate surface area is 117 Å². The lowest BCUT2D eigenvalue weighted by Crippen LogP contribution is -2.37. The number of aliphatic carboxylic acids is 1. The maximum atomic E-state index is 10.9. The molecule has 1 atom stereocenters. The zero-order chi connectivity index (χ0) is 13.4. The van der Waals surface area contributed by atoms with E-state index < -0.39 is 12.0 Å². The molecule has 3 nitrogen and oxygen atoms in total. The highest BCUT2D eigenvalue weighted by molar-refractivity contribution is 7.99. The van der Waals surface area contributed by atoms with E-state index in [0.717, 1.165) is 22.1 Å². The summed E-state index contributed by atoms with van der Waals surface area (Å²) in [6.07, 6.45) is 1.54. The van der Waals surface area contributed by atoms with Gasteiger partial charge in [-0.05, 0) is 30.7 Å². The van der Waals surface area contributed by atoms with Gasteiger partial charge in [0, 0.05) is 22.2 Å². The fraction of sp³-hybridized carbons (Fsp3) is 0.462. The van der Waals surface area contributed by atoms with Gasteiger partial charge in [-0.1, -0.05) is 24.9 Å². The van der Waals surface area contributed by atoms with Crippen LogP contribution in [-0.2, 0) is 4.79 Å². The monoisotopic (exact) mass is 287 g/mol. The molecular weight excluding hydrogens is 270 g/mol. The standard InChI is InChI=1S/C13H18ClNO2S/c1-2-3-12(13(16)17)15-8-9-18-11-6-4-10(14)5-7-11/h4-7,12,15H,2-3,8-9H2,1H3,(H,16,17). The van der Waals surface area contributed by atoms with Crippen LogP contribution in [0.4, 0.5) is 0 Å². The summed E-state index contributed by atoms with van der Waals surface area (Å²) in [5, 5.41) is 12.8. The van der Waals surface area contributed by atoms with Gasteiger partial charge >= 0.3 is 5.97 Å². The average molecular weight is 288 g/mol. The van der Waals surface area contributed by atoms with Crippen molar-refractivity contribution >= 4 is 29.3 Å². The highest BCUT2D eigenvalue weighted by Gasteiger charge is 2.14. The SMILES string of the molecule is CCCC(NCCSc1ccc(Cl)cc1)C(=O)O. The number of carbonyl (C=O) groups is 1. The number of nitrogens with one attached hydrogen (secondary N) is 1. The fourth-order valence-corrected chi connectivity index (χ4v) is 2.44. The first-order valence-electron chi connectivity index (χ1n) is 5.98. The third-order valence-corrected chi connectivity index (χ3v) is 3.72. The number of carboxylic acid groups (broad SMARTS) is 1. The Morgan fingerprint density at radius 1 is 1.44 bits per heavy atom. The molecule has 0 bridgehead atoms. The number of benzene rings is 1. The molecule has 0 heterocycles. The molecule has 1 aromatic carbocycles. The van der Waals surface area contributed by atoms with Crippen LogP contribution in [-0.4, -0.2) is 29.4 Å². The number of hydrogen-bond acceptors (Lipinski definition) is 3. The smallest absolute Gasteiger partial charge is 0.320 e. The second-order valence-corrected chi connectivity index (χ2v) is 5.54. The van der Waals surface area contributed by atoms with Gasteiger partial charge in [-0.3, -0.25) is 4.79 Å². The molecule has 0 saturated carbocycles. The van der Waals surface area contributed by atoms with Crippen molar-refractivity contribution < 1.29 is 9.90 Å². The minimum atomic E-state index is -0.770. The van der Waals surface area contributed by atoms with Gasteiger partial charge < -0.3 is 10.4 Å². The largest absolute Gasteiger partial charge is 0.480 e. The number of thioether (sulfide) groups is 1. The molecule has 18 heavy (non-hydrogen) atoms. The van der Waals surface area contributed by atoms with Gasteiger partial charge in [0.2, 0.25) is 0 Å². The highest BCUT2D eigenvalue weighted by Crippen LogP contribution is 2.19. The van der Waals surface area contributed by atoms with Crippen LogP contribution in [0.1, 0.15) is 19.8 Å². The van der Waals surface area contributed by atoms with Crippen LogP contribution < -0.4 is 5.32 Å². The number of carboxylic acids is 1. The Morgan fingerprint density at radius 2 is 2.11 bits per heavy atom. The van der Waals surface area contributed by atoms with Crippen LogP contribution in [0, 0.1) is 0 Å². The molecule has 1 aromatic rings. The summed E-state index contributed by atoms with van der Waals surface area (Å²) in [5.41, 5.74) is 0. The topological polar surface area (TPSA) is 49.3 Å². The van der Waals surface area contributed by atoms with Gasteiger partial charge in [0.1, 0.15) is 6.04 Å². The maximum absolute atomic E-state index is 10.9. The summed E-state index contributed by atoms with van der Waals surface area (Å²) in [6.45, 7) is 2.67. The summed E-state index contributed by atoms with van der Waals surface area (Å²) in [4.78, 5) is 12.0. The average Bonchev–Trinajstić information content (AvgIpc) is 2.35. The first-order chi connectivity index (χ1) is 8.63. The van der Waals surface area contributed by atoms with Crippen molar-refractivity contribution in [2.75, 3.05) is 12.3 Å². The Kier molecular flexibility index (Phi) is 7.16. The normalized spacial score (nSPS) is 12.3. The molecule has 0 radical (unpaired) electrons. The highest BCUT2D eigenvalue weighted by atomic mass is 35.5. The van der Waals surface area contributed by atoms with Gasteiger partial charge in [-0.25, -0.2) is 0 Å². The van der Waals surface area contributed by atoms with Gasteiger partial charge in [-0.15, -0.1) is 11.8 Å². The number of hydrogen-bond donors (Lipinski definition) is 2. The summed E-state index contributed by atoms with van der Waals surface area (Å²) in [7, 11) is 0. The van der Waals surface area contributed by atoms with Crippen molar-refractivity contribution in [3.63, 3.8) is 0 Å². The summed E-state index contributed by atoms with van der Waals surface area (Å²) in [5.74, 6) is 0.0723. The molecule has 0 aliphatic carbocycles. The molecule has 0 aliphatic heterocycles. The Morgan fingerprint density at radius 3 is 2.67 bits per heavy atom. The number of rotatable bonds is 8. The number of halogens is 1. The lowest BCUT2D eigenvalue weighted by atomic mass is 10.2. The molecule has 1 rings (SSSR count). The summed E-state index contributed by atoms with van der Waals surface area (Å²) < 4.78 is 0. The van der Waals surface area contributed by atoms with Crippen LogP contribution in [0.2, 0.25) is 5.02 Å². The van der Waals surface area contributed by atoms with Gasteiger partial charge in [-0.2, -0.15) is 0 Å². The zero-order valence-electron chi connectivity index (χ0n) is 10.4. The molecule has 0 aliphatic rings. The summed E-state index contributed by atoms with van der Waals surface area (Å²) in [6, 6.07) is 7.21. The van der Waals surface area contributed by atoms with E-state index in [2.05, 4.69) is 5.32 Å². The lowest BCUT2D eigenvalue weighted by molar-refractivity contribution is -0.139. The van der Waals surface area contributed by atoms with E-state index in [-0.39, 0.29) is 0 Å². The van der Waals surface area contributed by atoms with Crippen molar-refractivity contribution in [3.8, 4) is 0 Å². The molecular formula is C13H18ClNO2S. The van der Waals surface area contributed by atoms with Crippen molar-refractivity contribution in [2.24, 2.45) is 0 Å². The van der Waals surface area contributed by atoms with E-state index in [9.17, 15) is 4.79 Å². The molecule has 100 valence electrons. The quantitative estimate of drug-likeness (QED) is 0.569. The molecule has 0 spiro atoms. The first-order valence-corrected chi connectivity index (χ1v) is 7.34. The van der Waals surface area contributed by atoms with E-state index in [0.29, 0.717) is 13.0 Å². The Bertz CT molecular complexity index is 370. The van der Waals surface area contributed by atoms with Crippen LogP contribution in [0.5, 0.6) is 0 Å². The van der Waals surface area contributed by atoms with E-state index in [1.165, 1.54) is 0 Å². The van der Waals surface area contributed by atoms with Crippen LogP contribution in [0.15, 0.2) is 29.2 Å². The molecule has 2 N–H and O–H groups in total. The third-order valence-electron chi connectivity index (χ3n) is 2.45. The predicted octanol–water partition coefficient (Wildman–Crippen LogP) is 3.28. The molecule has 0 fully saturated rings. The zero-order valence-corrected chi connectivity index (χ0v) is 11.9. The van der Waals surface area contributed by atoms with Crippen molar-refractivity contribution in [2.45, 2.75) is 30.7 Å². The van der Waals surface area contributed by atoms with Crippen molar-refractivity contribution in [3.05, 3.63) is 29.3 Å². The minimum Gasteiger partial charge on any atom is -0.480 e. The van der Waals surface area contributed by atoms with Gasteiger partial charge in [0.15, 0.2) is 0 Å². The Hall–Kier alpha value is -0.710. The van der Waals surface area contributed by atoms with E-state index >= 15 is 0 Å². The van der Waals surface area contributed by atoms with Crippen molar-refractivity contribution in [1.29, 1.82) is 0 Å². The van der Waals surface area contributed by atoms with Crippen molar-refractivity contribution in [1.82, 2.24) is 5.32 Å². The van der Waals surface area contributed by atoms with Crippen LogP contribution in [0.25, 0.3) is 0 Å². The molecule has 0 aromatic heterocycles. The van der Waals surface area contributed by atoms with Crippen LogP contribution in [0.3, 0.4) is 0 Å². The third kappa shape index (κ3) is 5.76. The van der Waals surface area contributed by atoms with E-state index in [1.54, 1.807) is 11.8 Å². The lowest BCUT2D eigenvalue weighted by Gasteiger charge is -2.12. The fourth-order valence-electron chi connectivity index (χ4n) is 1.53. The van der Waals surface area contributed by atoms with E-state index in [1.807, 2.05) is 31.2 Å². The van der Waals surface area contributed by atoms with Gasteiger partial charge in [0.25, 0.3) is 0 Å². The molecule has 0 saturated heterocycles. The minimum absolute atomic E-state index is 0.430. The predicted molar refractivity (Wildman–Crippen MR) is 76.5 cm³/mol. The van der Waals surface area contributed by atoms with Crippen LogP contribution >= 0.6 is 23.4 Å². The molecule has 0 amide bonds. The Balaban J connectivity index is 2.25. The molecule has 1 unspecified atom stereocenters. The second-order valence-electron chi connectivity index (χ2n) is 3.94.